The van der Waals surface area contributed by atoms with Crippen molar-refractivity contribution in [3.8, 4) is 0 Å². The first-order valence-corrected chi connectivity index (χ1v) is 9.05. The number of ether oxygens (including phenoxy) is 1. The highest BCUT2D eigenvalue weighted by Crippen LogP contribution is 2.27. The first kappa shape index (κ1) is 19.1. The number of rotatable bonds is 4. The average Bonchev–Trinajstić information content (AvgIpc) is 2.93. The number of nitro benzene ring substituents is 1. The molecule has 138 valence electrons. The molecule has 25 heavy (non-hydrogen) atoms. The zero-order chi connectivity index (χ0) is 18.8. The van der Waals surface area contributed by atoms with Gasteiger partial charge in [0.05, 0.1) is 17.6 Å². The Hall–Kier alpha value is -2.20. The Labute approximate surface area is 145 Å². The standard InChI is InChI=1S/C15H20N2O7S/c1-15(2,3)23-14(18)16-9-8-11(10-16)24-25(21,22)13-7-5-4-6-12(13)17(19)20/h4-7,11H,8-10H2,1-3H3/t11-/m0/s1. The van der Waals surface area contributed by atoms with Gasteiger partial charge in [0.15, 0.2) is 4.90 Å². The third-order valence-corrected chi connectivity index (χ3v) is 4.80. The van der Waals surface area contributed by atoms with Gasteiger partial charge in [-0.05, 0) is 33.3 Å². The number of likely N-dealkylation sites (tertiary alicyclic amines) is 1. The van der Waals surface area contributed by atoms with Crippen LogP contribution in [0.1, 0.15) is 27.2 Å². The van der Waals surface area contributed by atoms with E-state index in [-0.39, 0.29) is 13.1 Å². The Balaban J connectivity index is 2.08. The Morgan fingerprint density at radius 3 is 2.56 bits per heavy atom. The lowest BCUT2D eigenvalue weighted by atomic mass is 10.2. The van der Waals surface area contributed by atoms with Gasteiger partial charge < -0.3 is 9.64 Å². The highest BCUT2D eigenvalue weighted by molar-refractivity contribution is 7.87. The first-order chi connectivity index (χ1) is 11.5. The van der Waals surface area contributed by atoms with Gasteiger partial charge in [-0.15, -0.1) is 0 Å². The lowest BCUT2D eigenvalue weighted by Gasteiger charge is -2.24. The van der Waals surface area contributed by atoms with E-state index in [1.807, 2.05) is 0 Å². The molecule has 2 rings (SSSR count). The molecular weight excluding hydrogens is 352 g/mol. The van der Waals surface area contributed by atoms with E-state index in [0.29, 0.717) is 6.42 Å². The van der Waals surface area contributed by atoms with Gasteiger partial charge in [-0.1, -0.05) is 12.1 Å². The van der Waals surface area contributed by atoms with Crippen LogP contribution in [-0.4, -0.2) is 49.1 Å². The fraction of sp³-hybridized carbons (Fsp3) is 0.533. The van der Waals surface area contributed by atoms with Crippen LogP contribution in [0.4, 0.5) is 10.5 Å². The van der Waals surface area contributed by atoms with Crippen molar-refractivity contribution in [3.63, 3.8) is 0 Å². The predicted octanol–water partition coefficient (Wildman–Crippen LogP) is 2.31. The van der Waals surface area contributed by atoms with E-state index in [2.05, 4.69) is 0 Å². The highest BCUT2D eigenvalue weighted by Gasteiger charge is 2.35. The van der Waals surface area contributed by atoms with E-state index in [1.54, 1.807) is 20.8 Å². The number of nitrogens with zero attached hydrogens (tertiary/aromatic N) is 2. The number of nitro groups is 1. The van der Waals surface area contributed by atoms with Crippen LogP contribution in [0.15, 0.2) is 29.2 Å². The Morgan fingerprint density at radius 2 is 1.96 bits per heavy atom. The summed E-state index contributed by atoms with van der Waals surface area (Å²) >= 11 is 0. The van der Waals surface area contributed by atoms with E-state index in [1.165, 1.54) is 17.0 Å². The second-order valence-electron chi connectivity index (χ2n) is 6.61. The minimum atomic E-state index is -4.32. The van der Waals surface area contributed by atoms with Crippen LogP contribution in [0.5, 0.6) is 0 Å². The monoisotopic (exact) mass is 372 g/mol. The predicted molar refractivity (Wildman–Crippen MR) is 87.6 cm³/mol. The molecule has 1 atom stereocenters. The lowest BCUT2D eigenvalue weighted by Crippen LogP contribution is -2.36. The average molecular weight is 372 g/mol. The molecule has 0 N–H and O–H groups in total. The van der Waals surface area contributed by atoms with Crippen molar-refractivity contribution in [2.24, 2.45) is 0 Å². The molecule has 10 heteroatoms. The fourth-order valence-electron chi connectivity index (χ4n) is 2.35. The van der Waals surface area contributed by atoms with Crippen molar-refractivity contribution in [1.82, 2.24) is 4.90 Å². The summed E-state index contributed by atoms with van der Waals surface area (Å²) in [5, 5.41) is 11.0. The molecule has 1 fully saturated rings. The maximum atomic E-state index is 12.4. The van der Waals surface area contributed by atoms with Crippen LogP contribution in [0, 0.1) is 10.1 Å². The number of carbonyl (C=O) groups excluding carboxylic acids is 1. The van der Waals surface area contributed by atoms with Gasteiger partial charge in [-0.3, -0.25) is 14.3 Å². The number of hydrogen-bond acceptors (Lipinski definition) is 7. The molecule has 1 heterocycles. The molecule has 1 aromatic rings. The first-order valence-electron chi connectivity index (χ1n) is 7.64. The largest absolute Gasteiger partial charge is 0.444 e. The normalized spacial score (nSPS) is 18.2. The van der Waals surface area contributed by atoms with Crippen LogP contribution in [0.25, 0.3) is 0 Å². The number of para-hydroxylation sites is 1. The van der Waals surface area contributed by atoms with Crippen molar-refractivity contribution in [2.45, 2.75) is 43.8 Å². The van der Waals surface area contributed by atoms with Gasteiger partial charge in [0, 0.05) is 12.6 Å². The van der Waals surface area contributed by atoms with E-state index in [9.17, 15) is 23.3 Å². The summed E-state index contributed by atoms with van der Waals surface area (Å²) in [5.41, 5.74) is -1.21. The summed E-state index contributed by atoms with van der Waals surface area (Å²) < 4.78 is 35.0. The maximum Gasteiger partial charge on any atom is 0.410 e. The Bertz CT molecular complexity index is 770. The smallest absolute Gasteiger partial charge is 0.410 e. The molecule has 0 bridgehead atoms. The zero-order valence-electron chi connectivity index (χ0n) is 14.2. The third-order valence-electron chi connectivity index (χ3n) is 3.39. The zero-order valence-corrected chi connectivity index (χ0v) is 15.0. The number of amides is 1. The van der Waals surface area contributed by atoms with Crippen molar-refractivity contribution >= 4 is 21.9 Å². The van der Waals surface area contributed by atoms with Crippen LogP contribution >= 0.6 is 0 Å². The Kier molecular flexibility index (Phi) is 5.33. The Morgan fingerprint density at radius 1 is 1.32 bits per heavy atom. The second kappa shape index (κ2) is 6.96. The summed E-state index contributed by atoms with van der Waals surface area (Å²) in [5.74, 6) is 0. The molecule has 0 spiro atoms. The molecule has 1 aliphatic rings. The van der Waals surface area contributed by atoms with Gasteiger partial charge in [0.25, 0.3) is 5.69 Å². The van der Waals surface area contributed by atoms with Crippen LogP contribution in [0.2, 0.25) is 0 Å². The van der Waals surface area contributed by atoms with Crippen molar-refractivity contribution in [2.75, 3.05) is 13.1 Å². The minimum absolute atomic E-state index is 0.0365. The lowest BCUT2D eigenvalue weighted by molar-refractivity contribution is -0.387. The van der Waals surface area contributed by atoms with Gasteiger partial charge in [0.2, 0.25) is 0 Å². The molecule has 9 nitrogen and oxygen atoms in total. The van der Waals surface area contributed by atoms with Gasteiger partial charge in [-0.25, -0.2) is 4.79 Å². The van der Waals surface area contributed by atoms with Crippen LogP contribution in [0.3, 0.4) is 0 Å². The molecule has 0 unspecified atom stereocenters. The summed E-state index contributed by atoms with van der Waals surface area (Å²) in [7, 11) is -4.32. The van der Waals surface area contributed by atoms with Gasteiger partial charge >= 0.3 is 16.2 Å². The SMILES string of the molecule is CC(C)(C)OC(=O)N1CC[C@H](OS(=O)(=O)c2ccccc2[N+](=O)[O-])C1. The topological polar surface area (TPSA) is 116 Å². The minimum Gasteiger partial charge on any atom is -0.444 e. The molecule has 0 saturated carbocycles. The molecule has 1 aromatic carbocycles. The summed E-state index contributed by atoms with van der Waals surface area (Å²) in [4.78, 5) is 23.1. The molecule has 1 aliphatic heterocycles. The number of carbonyl (C=O) groups is 1. The van der Waals surface area contributed by atoms with Gasteiger partial charge in [0.1, 0.15) is 5.60 Å². The van der Waals surface area contributed by atoms with Crippen LogP contribution < -0.4 is 0 Å². The molecular formula is C15H20N2O7S. The van der Waals surface area contributed by atoms with E-state index in [0.717, 1.165) is 12.1 Å². The highest BCUT2D eigenvalue weighted by atomic mass is 32.2. The molecule has 0 aromatic heterocycles. The maximum absolute atomic E-state index is 12.4. The van der Waals surface area contributed by atoms with Crippen molar-refractivity contribution < 1.29 is 27.1 Å². The molecule has 1 saturated heterocycles. The quantitative estimate of drug-likeness (QED) is 0.452. The summed E-state index contributed by atoms with van der Waals surface area (Å²) in [6.45, 7) is 5.51. The fourth-order valence-corrected chi connectivity index (χ4v) is 3.61. The molecule has 0 aliphatic carbocycles. The number of benzene rings is 1. The molecule has 0 radical (unpaired) electrons. The third kappa shape index (κ3) is 4.89. The summed E-state index contributed by atoms with van der Waals surface area (Å²) in [6.07, 6.45) is -1.04. The van der Waals surface area contributed by atoms with E-state index >= 15 is 0 Å². The number of hydrogen-bond donors (Lipinski definition) is 0. The van der Waals surface area contributed by atoms with E-state index in [4.69, 9.17) is 8.92 Å². The summed E-state index contributed by atoms with van der Waals surface area (Å²) in [6, 6.07) is 4.97. The van der Waals surface area contributed by atoms with Crippen molar-refractivity contribution in [1.29, 1.82) is 0 Å². The van der Waals surface area contributed by atoms with E-state index < -0.39 is 43.4 Å². The van der Waals surface area contributed by atoms with Crippen LogP contribution in [-0.2, 0) is 19.0 Å². The van der Waals surface area contributed by atoms with Gasteiger partial charge in [-0.2, -0.15) is 8.42 Å². The molecule has 1 amide bonds. The van der Waals surface area contributed by atoms with Crippen molar-refractivity contribution in [3.05, 3.63) is 34.4 Å². The second-order valence-corrected chi connectivity index (χ2v) is 8.15.